The Balaban J connectivity index is 1.38. The first-order valence-corrected chi connectivity index (χ1v) is 10.4. The summed E-state index contributed by atoms with van der Waals surface area (Å²) in [4.78, 5) is 20.1. The summed E-state index contributed by atoms with van der Waals surface area (Å²) in [6, 6.07) is 10.3. The first kappa shape index (κ1) is 18.2. The van der Waals surface area contributed by atoms with E-state index in [0.29, 0.717) is 18.9 Å². The summed E-state index contributed by atoms with van der Waals surface area (Å²) in [5.74, 6) is 0.607. The molecule has 142 valence electrons. The summed E-state index contributed by atoms with van der Waals surface area (Å²) >= 11 is 1.62. The van der Waals surface area contributed by atoms with Crippen molar-refractivity contribution < 1.29 is 9.90 Å². The summed E-state index contributed by atoms with van der Waals surface area (Å²) in [6.07, 6.45) is 4.15. The number of rotatable bonds is 5. The fourth-order valence-electron chi connectivity index (χ4n) is 4.10. The van der Waals surface area contributed by atoms with Crippen LogP contribution in [0.4, 0.5) is 0 Å². The average Bonchev–Trinajstić information content (AvgIpc) is 3.25. The molecule has 1 amide bonds. The Morgan fingerprint density at radius 1 is 1.33 bits per heavy atom. The Bertz CT molecular complexity index is 918. The van der Waals surface area contributed by atoms with Crippen molar-refractivity contribution in [3.05, 3.63) is 58.9 Å². The van der Waals surface area contributed by atoms with Gasteiger partial charge in [-0.15, -0.1) is 11.3 Å². The number of imidazole rings is 1. The van der Waals surface area contributed by atoms with Crippen LogP contribution in [0.5, 0.6) is 0 Å². The zero-order chi connectivity index (χ0) is 18.8. The monoisotopic (exact) mass is 383 g/mol. The number of aromatic nitrogens is 2. The van der Waals surface area contributed by atoms with E-state index in [1.807, 2.05) is 36.2 Å². The Morgan fingerprint density at radius 3 is 2.93 bits per heavy atom. The second kappa shape index (κ2) is 7.82. The van der Waals surface area contributed by atoms with Gasteiger partial charge in [-0.3, -0.25) is 9.20 Å². The van der Waals surface area contributed by atoms with Crippen molar-refractivity contribution >= 4 is 22.2 Å². The van der Waals surface area contributed by atoms with E-state index >= 15 is 0 Å². The number of nitrogens with zero attached hydrogens (tertiary/aromatic N) is 3. The van der Waals surface area contributed by atoms with Gasteiger partial charge in [0.25, 0.3) is 0 Å². The van der Waals surface area contributed by atoms with Gasteiger partial charge in [0.1, 0.15) is 0 Å². The van der Waals surface area contributed by atoms with Crippen LogP contribution < -0.4 is 0 Å². The molecule has 0 unspecified atom stereocenters. The highest BCUT2D eigenvalue weighted by molar-refractivity contribution is 7.15. The zero-order valence-corrected chi connectivity index (χ0v) is 16.4. The molecule has 0 spiro atoms. The predicted octanol–water partition coefficient (Wildman–Crippen LogP) is 3.26. The number of aliphatic hydroxyl groups is 1. The molecule has 0 bridgehead atoms. The maximum absolute atomic E-state index is 12.8. The number of carbonyl (C=O) groups is 1. The highest BCUT2D eigenvalue weighted by Gasteiger charge is 2.31. The second-order valence-electron chi connectivity index (χ2n) is 7.35. The lowest BCUT2D eigenvalue weighted by Crippen LogP contribution is -2.44. The molecule has 6 heteroatoms. The third-order valence-electron chi connectivity index (χ3n) is 5.55. The minimum absolute atomic E-state index is 0.106. The molecule has 1 fully saturated rings. The van der Waals surface area contributed by atoms with Crippen LogP contribution in [-0.4, -0.2) is 45.0 Å². The van der Waals surface area contributed by atoms with Crippen molar-refractivity contribution in [2.75, 3.05) is 19.7 Å². The summed E-state index contributed by atoms with van der Waals surface area (Å²) in [5, 5.41) is 12.0. The number of piperidine rings is 1. The summed E-state index contributed by atoms with van der Waals surface area (Å²) in [7, 11) is 0. The molecule has 1 saturated heterocycles. The van der Waals surface area contributed by atoms with Gasteiger partial charge in [-0.25, -0.2) is 4.98 Å². The molecule has 27 heavy (non-hydrogen) atoms. The van der Waals surface area contributed by atoms with Crippen molar-refractivity contribution in [3.63, 3.8) is 0 Å². The molecule has 3 aromatic rings. The lowest BCUT2D eigenvalue weighted by Gasteiger charge is -2.38. The molecule has 0 saturated carbocycles. The molecule has 1 N–H and O–H groups in total. The van der Waals surface area contributed by atoms with Crippen LogP contribution in [0, 0.1) is 12.8 Å². The summed E-state index contributed by atoms with van der Waals surface area (Å²) < 4.78 is 2.09. The van der Waals surface area contributed by atoms with Crippen LogP contribution in [-0.2, 0) is 11.2 Å². The number of carbonyl (C=O) groups excluding carboxylic acids is 1. The molecule has 1 aromatic carbocycles. The van der Waals surface area contributed by atoms with Gasteiger partial charge >= 0.3 is 0 Å². The van der Waals surface area contributed by atoms with Gasteiger partial charge in [0.2, 0.25) is 5.91 Å². The Kier molecular flexibility index (Phi) is 5.27. The number of hydrogen-bond donors (Lipinski definition) is 1. The number of fused-ring (bicyclic) bond motifs is 1. The van der Waals surface area contributed by atoms with E-state index in [4.69, 9.17) is 0 Å². The van der Waals surface area contributed by atoms with E-state index in [1.165, 1.54) is 5.56 Å². The number of aryl methyl sites for hydroxylation is 2. The molecular formula is C21H25N3O2S. The van der Waals surface area contributed by atoms with E-state index in [2.05, 4.69) is 26.9 Å². The standard InChI is InChI=1S/C21H25N3O2S/c1-15-11-24-18(14-27-21(24)22-15)7-8-20(26)23-10-9-19(17(12-23)13-25)16-5-3-2-4-6-16/h2-6,11,14,17,19,25H,7-10,12-13H2,1H3/t17-,19+/m1/s1. The number of likely N-dealkylation sites (tertiary alicyclic amines) is 1. The average molecular weight is 384 g/mol. The van der Waals surface area contributed by atoms with E-state index in [0.717, 1.165) is 35.7 Å². The van der Waals surface area contributed by atoms with E-state index in [-0.39, 0.29) is 18.4 Å². The molecule has 0 radical (unpaired) electrons. The van der Waals surface area contributed by atoms with E-state index in [1.54, 1.807) is 11.3 Å². The smallest absolute Gasteiger partial charge is 0.222 e. The van der Waals surface area contributed by atoms with Crippen LogP contribution in [0.3, 0.4) is 0 Å². The zero-order valence-electron chi connectivity index (χ0n) is 15.5. The SMILES string of the molecule is Cc1cn2c(CCC(=O)N3CC[C@@H](c4ccccc4)[C@@H](CO)C3)csc2n1. The van der Waals surface area contributed by atoms with Crippen molar-refractivity contribution in [2.45, 2.75) is 32.1 Å². The molecule has 2 atom stereocenters. The van der Waals surface area contributed by atoms with Crippen LogP contribution >= 0.6 is 11.3 Å². The normalized spacial score (nSPS) is 20.3. The van der Waals surface area contributed by atoms with Crippen molar-refractivity contribution in [1.29, 1.82) is 0 Å². The highest BCUT2D eigenvalue weighted by Crippen LogP contribution is 2.33. The van der Waals surface area contributed by atoms with Gasteiger partial charge in [-0.2, -0.15) is 0 Å². The topological polar surface area (TPSA) is 57.8 Å². The van der Waals surface area contributed by atoms with Crippen molar-refractivity contribution in [3.8, 4) is 0 Å². The van der Waals surface area contributed by atoms with Gasteiger partial charge in [0, 0.05) is 49.3 Å². The number of benzene rings is 1. The molecule has 3 heterocycles. The number of amides is 1. The van der Waals surface area contributed by atoms with Crippen molar-refractivity contribution in [1.82, 2.24) is 14.3 Å². The van der Waals surface area contributed by atoms with Gasteiger partial charge in [0.15, 0.2) is 4.96 Å². The van der Waals surface area contributed by atoms with Gasteiger partial charge in [0.05, 0.1) is 5.69 Å². The lowest BCUT2D eigenvalue weighted by molar-refractivity contribution is -0.133. The molecule has 1 aliphatic rings. The molecule has 2 aromatic heterocycles. The van der Waals surface area contributed by atoms with Crippen LogP contribution in [0.15, 0.2) is 41.9 Å². The van der Waals surface area contributed by atoms with Crippen LogP contribution in [0.2, 0.25) is 0 Å². The molecular weight excluding hydrogens is 358 g/mol. The first-order chi connectivity index (χ1) is 13.2. The number of hydrogen-bond acceptors (Lipinski definition) is 4. The Morgan fingerprint density at radius 2 is 2.15 bits per heavy atom. The first-order valence-electron chi connectivity index (χ1n) is 9.51. The number of thiazole rings is 1. The van der Waals surface area contributed by atoms with Gasteiger partial charge < -0.3 is 10.0 Å². The fraction of sp³-hybridized carbons (Fsp3) is 0.429. The third kappa shape index (κ3) is 3.77. The highest BCUT2D eigenvalue weighted by atomic mass is 32.1. The largest absolute Gasteiger partial charge is 0.396 e. The van der Waals surface area contributed by atoms with Gasteiger partial charge in [-0.05, 0) is 31.2 Å². The van der Waals surface area contributed by atoms with Crippen LogP contribution in [0.25, 0.3) is 4.96 Å². The predicted molar refractivity (Wildman–Crippen MR) is 107 cm³/mol. The lowest BCUT2D eigenvalue weighted by atomic mass is 9.81. The van der Waals surface area contributed by atoms with Crippen molar-refractivity contribution in [2.24, 2.45) is 5.92 Å². The van der Waals surface area contributed by atoms with E-state index in [9.17, 15) is 9.90 Å². The van der Waals surface area contributed by atoms with Crippen LogP contribution in [0.1, 0.15) is 35.7 Å². The summed E-state index contributed by atoms with van der Waals surface area (Å²) in [5.41, 5.74) is 3.41. The maximum Gasteiger partial charge on any atom is 0.222 e. The molecule has 1 aliphatic heterocycles. The fourth-order valence-corrected chi connectivity index (χ4v) is 5.05. The third-order valence-corrected chi connectivity index (χ3v) is 6.44. The van der Waals surface area contributed by atoms with Gasteiger partial charge in [-0.1, -0.05) is 30.3 Å². The molecule has 4 rings (SSSR count). The minimum Gasteiger partial charge on any atom is -0.396 e. The Hall–Kier alpha value is -2.18. The maximum atomic E-state index is 12.8. The second-order valence-corrected chi connectivity index (χ2v) is 8.19. The molecule has 5 nitrogen and oxygen atoms in total. The Labute approximate surface area is 163 Å². The van der Waals surface area contributed by atoms with E-state index < -0.39 is 0 Å². The number of aliphatic hydroxyl groups excluding tert-OH is 1. The summed E-state index contributed by atoms with van der Waals surface area (Å²) in [6.45, 7) is 3.50. The quantitative estimate of drug-likeness (QED) is 0.736. The minimum atomic E-state index is 0.106. The molecule has 0 aliphatic carbocycles.